The Morgan fingerprint density at radius 3 is 2.86 bits per heavy atom. The molecule has 2 unspecified atom stereocenters. The topological polar surface area (TPSA) is 109 Å². The summed E-state index contributed by atoms with van der Waals surface area (Å²) in [5, 5.41) is 5.88. The Bertz CT molecular complexity index is 1010. The predicted octanol–water partition coefficient (Wildman–Crippen LogP) is 2.50. The summed E-state index contributed by atoms with van der Waals surface area (Å²) in [5.74, 6) is 1.82. The van der Waals surface area contributed by atoms with Crippen LogP contribution >= 0.6 is 23.4 Å². The molecule has 3 aromatic rings. The van der Waals surface area contributed by atoms with Gasteiger partial charge in [-0.2, -0.15) is 0 Å². The van der Waals surface area contributed by atoms with Gasteiger partial charge in [0.15, 0.2) is 5.16 Å². The van der Waals surface area contributed by atoms with Crippen molar-refractivity contribution in [1.82, 2.24) is 30.2 Å². The monoisotopic (exact) mass is 416 g/mol. The van der Waals surface area contributed by atoms with E-state index in [1.165, 1.54) is 18.2 Å². The number of H-pyrrole nitrogens is 1. The van der Waals surface area contributed by atoms with Crippen LogP contribution in [0.2, 0.25) is 5.02 Å². The van der Waals surface area contributed by atoms with Gasteiger partial charge in [-0.15, -0.1) is 0 Å². The second-order valence-corrected chi connectivity index (χ2v) is 8.64. The molecule has 5 heterocycles. The first-order valence-corrected chi connectivity index (χ1v) is 10.6. The summed E-state index contributed by atoms with van der Waals surface area (Å²) in [6.45, 7) is 5.11. The summed E-state index contributed by atoms with van der Waals surface area (Å²) in [7, 11) is 0. The lowest BCUT2D eigenvalue weighted by atomic mass is 10.1. The third-order valence-electron chi connectivity index (χ3n) is 5.50. The standard InChI is InChI=1S/C18H21ClN8S/c1-2-11-14(19)13-15(24-11)25-18(28-10-5-22-17(20)23-6-10)26-16(13)27-7-9-3-4-21-12(9)8-27/h5-6,9,12,21H,2-4,7-8H2,1H3,(H2,20,22,23)(H,24,25,26). The van der Waals surface area contributed by atoms with Gasteiger partial charge in [0.2, 0.25) is 5.95 Å². The zero-order valence-electron chi connectivity index (χ0n) is 15.4. The van der Waals surface area contributed by atoms with E-state index in [4.69, 9.17) is 27.3 Å². The van der Waals surface area contributed by atoms with Gasteiger partial charge in [-0.25, -0.2) is 19.9 Å². The molecule has 0 bridgehead atoms. The van der Waals surface area contributed by atoms with E-state index in [9.17, 15) is 0 Å². The third-order valence-corrected chi connectivity index (χ3v) is 6.72. The lowest BCUT2D eigenvalue weighted by Crippen LogP contribution is -2.30. The molecular formula is C18H21ClN8S. The molecule has 5 rings (SSSR count). The van der Waals surface area contributed by atoms with E-state index in [1.54, 1.807) is 12.4 Å². The van der Waals surface area contributed by atoms with Crippen molar-refractivity contribution in [2.24, 2.45) is 5.92 Å². The second kappa shape index (κ2) is 7.06. The molecular weight excluding hydrogens is 396 g/mol. The third kappa shape index (κ3) is 3.07. The van der Waals surface area contributed by atoms with Crippen molar-refractivity contribution < 1.29 is 0 Å². The van der Waals surface area contributed by atoms with Gasteiger partial charge in [-0.3, -0.25) is 0 Å². The zero-order valence-corrected chi connectivity index (χ0v) is 17.0. The fourth-order valence-electron chi connectivity index (χ4n) is 4.09. The average molecular weight is 417 g/mol. The summed E-state index contributed by atoms with van der Waals surface area (Å²) in [6.07, 6.45) is 5.39. The lowest BCUT2D eigenvalue weighted by Gasteiger charge is -2.20. The van der Waals surface area contributed by atoms with Crippen LogP contribution in [-0.2, 0) is 6.42 Å². The maximum Gasteiger partial charge on any atom is 0.219 e. The van der Waals surface area contributed by atoms with E-state index in [2.05, 4.69) is 32.1 Å². The first-order valence-electron chi connectivity index (χ1n) is 9.44. The molecule has 8 nitrogen and oxygen atoms in total. The number of nitrogen functional groups attached to an aromatic ring is 1. The van der Waals surface area contributed by atoms with Gasteiger partial charge in [0.1, 0.15) is 11.5 Å². The number of fused-ring (bicyclic) bond motifs is 2. The molecule has 28 heavy (non-hydrogen) atoms. The van der Waals surface area contributed by atoms with E-state index in [0.717, 1.165) is 58.5 Å². The Kier molecular flexibility index (Phi) is 4.53. The molecule has 2 aliphatic heterocycles. The molecule has 2 atom stereocenters. The van der Waals surface area contributed by atoms with E-state index in [0.29, 0.717) is 17.1 Å². The van der Waals surface area contributed by atoms with Crippen LogP contribution in [0.4, 0.5) is 11.8 Å². The molecule has 146 valence electrons. The molecule has 2 aliphatic rings. The first kappa shape index (κ1) is 18.0. The molecule has 2 saturated heterocycles. The van der Waals surface area contributed by atoms with E-state index >= 15 is 0 Å². The minimum absolute atomic E-state index is 0.251. The summed E-state index contributed by atoms with van der Waals surface area (Å²) in [5.41, 5.74) is 7.35. The number of aromatic amines is 1. The maximum atomic E-state index is 6.70. The number of aryl methyl sites for hydroxylation is 1. The summed E-state index contributed by atoms with van der Waals surface area (Å²) in [6, 6.07) is 0.523. The minimum atomic E-state index is 0.251. The van der Waals surface area contributed by atoms with Crippen molar-refractivity contribution in [1.29, 1.82) is 0 Å². The molecule has 0 aliphatic carbocycles. The Morgan fingerprint density at radius 2 is 2.11 bits per heavy atom. The number of hydrogen-bond donors (Lipinski definition) is 3. The van der Waals surface area contributed by atoms with E-state index < -0.39 is 0 Å². The molecule has 0 saturated carbocycles. The fraction of sp³-hybridized carbons (Fsp3) is 0.444. The number of nitrogens with zero attached hydrogens (tertiary/aromatic N) is 5. The normalized spacial score (nSPS) is 21.6. The minimum Gasteiger partial charge on any atom is -0.368 e. The Balaban J connectivity index is 1.57. The Labute approximate surface area is 171 Å². The number of halogens is 1. The molecule has 10 heteroatoms. The van der Waals surface area contributed by atoms with Gasteiger partial charge in [0.05, 0.1) is 15.3 Å². The number of anilines is 2. The number of aromatic nitrogens is 5. The van der Waals surface area contributed by atoms with E-state index in [-0.39, 0.29) is 5.95 Å². The smallest absolute Gasteiger partial charge is 0.219 e. The molecule has 0 radical (unpaired) electrons. The largest absolute Gasteiger partial charge is 0.368 e. The molecule has 4 N–H and O–H groups in total. The van der Waals surface area contributed by atoms with E-state index in [1.807, 2.05) is 0 Å². The Hall–Kier alpha value is -2.10. The molecule has 3 aromatic heterocycles. The number of rotatable bonds is 4. The second-order valence-electron chi connectivity index (χ2n) is 7.22. The zero-order chi connectivity index (χ0) is 19.3. The molecule has 0 amide bonds. The lowest BCUT2D eigenvalue weighted by molar-refractivity contribution is 0.556. The fourth-order valence-corrected chi connectivity index (χ4v) is 5.14. The summed E-state index contributed by atoms with van der Waals surface area (Å²) >= 11 is 8.12. The van der Waals surface area contributed by atoms with Gasteiger partial charge in [-0.1, -0.05) is 18.5 Å². The predicted molar refractivity (Wildman–Crippen MR) is 111 cm³/mol. The van der Waals surface area contributed by atoms with Crippen LogP contribution in [0.15, 0.2) is 22.4 Å². The van der Waals surface area contributed by atoms with Gasteiger partial charge in [-0.05, 0) is 37.1 Å². The number of nitrogens with two attached hydrogens (primary N) is 1. The highest BCUT2D eigenvalue weighted by Crippen LogP contribution is 2.39. The van der Waals surface area contributed by atoms with Crippen LogP contribution in [0.1, 0.15) is 19.0 Å². The Morgan fingerprint density at radius 1 is 1.29 bits per heavy atom. The van der Waals surface area contributed by atoms with Crippen LogP contribution in [0.3, 0.4) is 0 Å². The van der Waals surface area contributed by atoms with Crippen LogP contribution in [-0.4, -0.2) is 50.6 Å². The van der Waals surface area contributed by atoms with Gasteiger partial charge in [0, 0.05) is 37.2 Å². The van der Waals surface area contributed by atoms with Crippen molar-refractivity contribution in [2.45, 2.75) is 35.9 Å². The van der Waals surface area contributed by atoms with Crippen molar-refractivity contribution in [3.05, 3.63) is 23.1 Å². The first-order chi connectivity index (χ1) is 13.6. The highest BCUT2D eigenvalue weighted by atomic mass is 35.5. The van der Waals surface area contributed by atoms with Crippen molar-refractivity contribution in [3.63, 3.8) is 0 Å². The van der Waals surface area contributed by atoms with Gasteiger partial charge >= 0.3 is 0 Å². The average Bonchev–Trinajstić information content (AvgIpc) is 3.36. The van der Waals surface area contributed by atoms with Crippen molar-refractivity contribution in [3.8, 4) is 0 Å². The SMILES string of the molecule is CCc1[nH]c2nc(Sc3cnc(N)nc3)nc(N3CC4CCNC4C3)c2c1Cl. The van der Waals surface area contributed by atoms with Crippen molar-refractivity contribution in [2.75, 3.05) is 30.3 Å². The molecule has 0 spiro atoms. The summed E-state index contributed by atoms with van der Waals surface area (Å²) < 4.78 is 0. The molecule has 0 aromatic carbocycles. The highest BCUT2D eigenvalue weighted by Gasteiger charge is 2.37. The van der Waals surface area contributed by atoms with Crippen LogP contribution < -0.4 is 16.0 Å². The van der Waals surface area contributed by atoms with Gasteiger partial charge in [0.25, 0.3) is 0 Å². The molecule has 2 fully saturated rings. The van der Waals surface area contributed by atoms with Crippen molar-refractivity contribution >= 4 is 46.2 Å². The van der Waals surface area contributed by atoms with Crippen LogP contribution in [0.25, 0.3) is 11.0 Å². The van der Waals surface area contributed by atoms with Crippen LogP contribution in [0.5, 0.6) is 0 Å². The van der Waals surface area contributed by atoms with Crippen LogP contribution in [0, 0.1) is 5.92 Å². The number of nitrogens with one attached hydrogen (secondary N) is 2. The highest BCUT2D eigenvalue weighted by molar-refractivity contribution is 7.99. The van der Waals surface area contributed by atoms with Gasteiger partial charge < -0.3 is 20.9 Å². The number of hydrogen-bond acceptors (Lipinski definition) is 8. The quantitative estimate of drug-likeness (QED) is 0.556. The maximum absolute atomic E-state index is 6.70. The summed E-state index contributed by atoms with van der Waals surface area (Å²) in [4.78, 5) is 24.3.